The Kier molecular flexibility index (Phi) is 6.36. The Labute approximate surface area is 114 Å². The van der Waals surface area contributed by atoms with E-state index in [1.807, 2.05) is 45.0 Å². The monoisotopic (exact) mass is 265 g/mol. The van der Waals surface area contributed by atoms with E-state index < -0.39 is 6.10 Å². The largest absolute Gasteiger partial charge is 0.493 e. The second-order valence-electron chi connectivity index (χ2n) is 4.78. The molecule has 0 aliphatic carbocycles. The van der Waals surface area contributed by atoms with Crippen LogP contribution in [0.15, 0.2) is 24.3 Å². The maximum atomic E-state index is 11.5. The van der Waals surface area contributed by atoms with Crippen LogP contribution in [0.2, 0.25) is 0 Å². The van der Waals surface area contributed by atoms with Crippen molar-refractivity contribution >= 4 is 5.91 Å². The predicted molar refractivity (Wildman–Crippen MR) is 75.1 cm³/mol. The number of rotatable bonds is 7. The van der Waals surface area contributed by atoms with Crippen LogP contribution in [0.1, 0.15) is 45.3 Å². The number of amides is 1. The molecule has 1 unspecified atom stereocenters. The zero-order chi connectivity index (χ0) is 14.3. The molecular formula is C15H23NO3. The lowest BCUT2D eigenvalue weighted by molar-refractivity contribution is -0.122. The average molecular weight is 265 g/mol. The summed E-state index contributed by atoms with van der Waals surface area (Å²) >= 11 is 0. The molecule has 0 spiro atoms. The van der Waals surface area contributed by atoms with E-state index in [0.29, 0.717) is 25.2 Å². The second-order valence-corrected chi connectivity index (χ2v) is 4.78. The summed E-state index contributed by atoms with van der Waals surface area (Å²) in [5.74, 6) is 0.623. The van der Waals surface area contributed by atoms with Crippen molar-refractivity contribution in [3.8, 4) is 5.75 Å². The molecule has 0 fully saturated rings. The van der Waals surface area contributed by atoms with Crippen LogP contribution in [0.25, 0.3) is 0 Å². The molecule has 106 valence electrons. The van der Waals surface area contributed by atoms with Crippen molar-refractivity contribution in [3.05, 3.63) is 29.8 Å². The molecule has 0 saturated heterocycles. The van der Waals surface area contributed by atoms with Crippen LogP contribution < -0.4 is 10.1 Å². The lowest BCUT2D eigenvalue weighted by atomic mass is 10.1. The lowest BCUT2D eigenvalue weighted by Crippen LogP contribution is -2.31. The van der Waals surface area contributed by atoms with Crippen molar-refractivity contribution in [2.75, 3.05) is 6.61 Å². The van der Waals surface area contributed by atoms with Gasteiger partial charge in [-0.25, -0.2) is 0 Å². The van der Waals surface area contributed by atoms with Crippen LogP contribution in [0.4, 0.5) is 0 Å². The molecule has 1 rings (SSSR count). The fourth-order valence-corrected chi connectivity index (χ4v) is 1.76. The van der Waals surface area contributed by atoms with Gasteiger partial charge in [-0.05, 0) is 26.3 Å². The van der Waals surface area contributed by atoms with Gasteiger partial charge in [-0.3, -0.25) is 4.79 Å². The Morgan fingerprint density at radius 2 is 2.05 bits per heavy atom. The molecule has 0 radical (unpaired) electrons. The molecule has 2 N–H and O–H groups in total. The number of aliphatic hydroxyl groups is 1. The average Bonchev–Trinajstić information content (AvgIpc) is 2.37. The van der Waals surface area contributed by atoms with Crippen molar-refractivity contribution in [2.45, 2.75) is 45.8 Å². The van der Waals surface area contributed by atoms with Crippen LogP contribution in [0, 0.1) is 0 Å². The lowest BCUT2D eigenvalue weighted by Gasteiger charge is -2.15. The zero-order valence-electron chi connectivity index (χ0n) is 11.8. The molecule has 4 nitrogen and oxygen atoms in total. The summed E-state index contributed by atoms with van der Waals surface area (Å²) in [4.78, 5) is 11.5. The molecule has 19 heavy (non-hydrogen) atoms. The summed E-state index contributed by atoms with van der Waals surface area (Å²) in [5.41, 5.74) is 0.772. The SMILES string of the molecule is CCC(O)c1ccccc1OCCC(=O)NC(C)C. The fraction of sp³-hybridized carbons (Fsp3) is 0.533. The highest BCUT2D eigenvalue weighted by Crippen LogP contribution is 2.26. The third kappa shape index (κ3) is 5.30. The van der Waals surface area contributed by atoms with Crippen LogP contribution in [-0.2, 0) is 4.79 Å². The van der Waals surface area contributed by atoms with E-state index >= 15 is 0 Å². The molecule has 0 aliphatic heterocycles. The number of hydrogen-bond acceptors (Lipinski definition) is 3. The van der Waals surface area contributed by atoms with E-state index in [4.69, 9.17) is 4.74 Å². The molecule has 0 aliphatic rings. The number of nitrogens with one attached hydrogen (secondary N) is 1. The van der Waals surface area contributed by atoms with Crippen molar-refractivity contribution in [3.63, 3.8) is 0 Å². The fourth-order valence-electron chi connectivity index (χ4n) is 1.76. The minimum absolute atomic E-state index is 0.0245. The first-order valence-electron chi connectivity index (χ1n) is 6.73. The Morgan fingerprint density at radius 3 is 2.68 bits per heavy atom. The van der Waals surface area contributed by atoms with Gasteiger partial charge < -0.3 is 15.2 Å². The van der Waals surface area contributed by atoms with E-state index in [-0.39, 0.29) is 11.9 Å². The number of ether oxygens (including phenoxy) is 1. The third-order valence-electron chi connectivity index (χ3n) is 2.70. The van der Waals surface area contributed by atoms with Crippen molar-refractivity contribution in [1.29, 1.82) is 0 Å². The van der Waals surface area contributed by atoms with Crippen LogP contribution in [0.3, 0.4) is 0 Å². The number of aliphatic hydroxyl groups excluding tert-OH is 1. The summed E-state index contributed by atoms with van der Waals surface area (Å²) < 4.78 is 5.59. The molecule has 1 aromatic carbocycles. The molecule has 1 aromatic rings. The Hall–Kier alpha value is -1.55. The van der Waals surface area contributed by atoms with Gasteiger partial charge in [0.25, 0.3) is 0 Å². The first kappa shape index (κ1) is 15.5. The minimum Gasteiger partial charge on any atom is -0.493 e. The normalized spacial score (nSPS) is 12.3. The van der Waals surface area contributed by atoms with Crippen molar-refractivity contribution in [2.24, 2.45) is 0 Å². The minimum atomic E-state index is -0.527. The maximum absolute atomic E-state index is 11.5. The highest BCUT2D eigenvalue weighted by molar-refractivity contribution is 5.76. The van der Waals surface area contributed by atoms with E-state index in [0.717, 1.165) is 5.56 Å². The summed E-state index contributed by atoms with van der Waals surface area (Å²) in [6.45, 7) is 6.07. The summed E-state index contributed by atoms with van der Waals surface area (Å²) in [6.07, 6.45) is 0.420. The topological polar surface area (TPSA) is 58.6 Å². The second kappa shape index (κ2) is 7.79. The van der Waals surface area contributed by atoms with Crippen LogP contribution in [-0.4, -0.2) is 23.7 Å². The standard InChI is InChI=1S/C15H23NO3/c1-4-13(17)12-7-5-6-8-14(12)19-10-9-15(18)16-11(2)3/h5-8,11,13,17H,4,9-10H2,1-3H3,(H,16,18). The molecule has 4 heteroatoms. The summed E-state index contributed by atoms with van der Waals surface area (Å²) in [6, 6.07) is 7.52. The van der Waals surface area contributed by atoms with Gasteiger partial charge in [0.05, 0.1) is 19.1 Å². The summed E-state index contributed by atoms with van der Waals surface area (Å²) in [7, 11) is 0. The number of hydrogen-bond donors (Lipinski definition) is 2. The summed E-state index contributed by atoms with van der Waals surface area (Å²) in [5, 5.41) is 12.7. The number of para-hydroxylation sites is 1. The highest BCUT2D eigenvalue weighted by Gasteiger charge is 2.11. The van der Waals surface area contributed by atoms with Crippen LogP contribution in [0.5, 0.6) is 5.75 Å². The van der Waals surface area contributed by atoms with Gasteiger partial charge in [-0.1, -0.05) is 25.1 Å². The van der Waals surface area contributed by atoms with Gasteiger partial charge >= 0.3 is 0 Å². The highest BCUT2D eigenvalue weighted by atomic mass is 16.5. The molecule has 1 amide bonds. The zero-order valence-corrected chi connectivity index (χ0v) is 11.8. The van der Waals surface area contributed by atoms with Crippen LogP contribution >= 0.6 is 0 Å². The van der Waals surface area contributed by atoms with Gasteiger partial charge in [0.15, 0.2) is 0 Å². The Balaban J connectivity index is 2.51. The first-order valence-corrected chi connectivity index (χ1v) is 6.73. The number of carbonyl (C=O) groups excluding carboxylic acids is 1. The number of carbonyl (C=O) groups is 1. The van der Waals surface area contributed by atoms with E-state index in [9.17, 15) is 9.90 Å². The Bertz CT molecular complexity index is 404. The first-order chi connectivity index (χ1) is 9.04. The maximum Gasteiger partial charge on any atom is 0.223 e. The van der Waals surface area contributed by atoms with Gasteiger partial charge in [0.2, 0.25) is 5.91 Å². The van der Waals surface area contributed by atoms with Gasteiger partial charge in [-0.15, -0.1) is 0 Å². The molecular weight excluding hydrogens is 242 g/mol. The van der Waals surface area contributed by atoms with Crippen molar-refractivity contribution in [1.82, 2.24) is 5.32 Å². The molecule has 0 bridgehead atoms. The molecule has 0 heterocycles. The van der Waals surface area contributed by atoms with Gasteiger partial charge in [-0.2, -0.15) is 0 Å². The van der Waals surface area contributed by atoms with Crippen molar-refractivity contribution < 1.29 is 14.6 Å². The van der Waals surface area contributed by atoms with Gasteiger partial charge in [0, 0.05) is 11.6 Å². The van der Waals surface area contributed by atoms with Gasteiger partial charge in [0.1, 0.15) is 5.75 Å². The van der Waals surface area contributed by atoms with E-state index in [2.05, 4.69) is 5.32 Å². The molecule has 1 atom stereocenters. The quantitative estimate of drug-likeness (QED) is 0.796. The predicted octanol–water partition coefficient (Wildman–Crippen LogP) is 2.42. The smallest absolute Gasteiger partial charge is 0.223 e. The van der Waals surface area contributed by atoms with E-state index in [1.54, 1.807) is 0 Å². The molecule has 0 aromatic heterocycles. The number of benzene rings is 1. The molecule has 0 saturated carbocycles. The Morgan fingerprint density at radius 1 is 1.37 bits per heavy atom. The third-order valence-corrected chi connectivity index (χ3v) is 2.70. The van der Waals surface area contributed by atoms with E-state index in [1.165, 1.54) is 0 Å².